The van der Waals surface area contributed by atoms with E-state index in [0.29, 0.717) is 17.1 Å². The van der Waals surface area contributed by atoms with E-state index in [0.717, 1.165) is 24.6 Å². The van der Waals surface area contributed by atoms with Crippen LogP contribution < -0.4 is 19.7 Å². The molecule has 3 rings (SSSR count). The van der Waals surface area contributed by atoms with Crippen molar-refractivity contribution < 1.29 is 14.3 Å². The zero-order valence-electron chi connectivity index (χ0n) is 13.1. The van der Waals surface area contributed by atoms with Gasteiger partial charge in [-0.3, -0.25) is 4.79 Å². The van der Waals surface area contributed by atoms with Crippen LogP contribution in [0.3, 0.4) is 0 Å². The van der Waals surface area contributed by atoms with Crippen molar-refractivity contribution in [2.45, 2.75) is 12.5 Å². The number of thiazole rings is 1. The Balaban J connectivity index is 1.66. The smallest absolute Gasteiger partial charge is 0.255 e. The van der Waals surface area contributed by atoms with Crippen molar-refractivity contribution in [3.05, 3.63) is 35.3 Å². The molecular weight excluding hydrogens is 314 g/mol. The Morgan fingerprint density at radius 1 is 1.39 bits per heavy atom. The molecule has 1 aromatic carbocycles. The molecule has 0 saturated carbocycles. The molecule has 0 spiro atoms. The maximum atomic E-state index is 12.5. The van der Waals surface area contributed by atoms with Gasteiger partial charge >= 0.3 is 0 Å². The summed E-state index contributed by atoms with van der Waals surface area (Å²) in [4.78, 5) is 19.0. The first-order valence-corrected chi connectivity index (χ1v) is 8.26. The SMILES string of the molecule is COc1ccc(C(=O)NC2CCN(c3nccs3)C2)c(OC)c1. The Labute approximate surface area is 139 Å². The molecule has 1 aliphatic rings. The Bertz CT molecular complexity index is 675. The van der Waals surface area contributed by atoms with E-state index in [-0.39, 0.29) is 11.9 Å². The minimum atomic E-state index is -0.129. The van der Waals surface area contributed by atoms with E-state index in [4.69, 9.17) is 9.47 Å². The van der Waals surface area contributed by atoms with E-state index in [9.17, 15) is 4.79 Å². The fourth-order valence-electron chi connectivity index (χ4n) is 2.67. The summed E-state index contributed by atoms with van der Waals surface area (Å²) in [5.41, 5.74) is 0.515. The molecule has 2 aromatic rings. The number of amides is 1. The number of nitrogens with one attached hydrogen (secondary N) is 1. The maximum absolute atomic E-state index is 12.5. The first-order chi connectivity index (χ1) is 11.2. The number of hydrogen-bond acceptors (Lipinski definition) is 6. The number of aromatic nitrogens is 1. The summed E-state index contributed by atoms with van der Waals surface area (Å²) < 4.78 is 10.4. The van der Waals surface area contributed by atoms with Gasteiger partial charge in [0.15, 0.2) is 5.13 Å². The number of ether oxygens (including phenoxy) is 2. The van der Waals surface area contributed by atoms with Crippen molar-refractivity contribution in [2.24, 2.45) is 0 Å². The fraction of sp³-hybridized carbons (Fsp3) is 0.375. The van der Waals surface area contributed by atoms with Gasteiger partial charge in [-0.15, -0.1) is 11.3 Å². The van der Waals surface area contributed by atoms with Crippen LogP contribution in [0.25, 0.3) is 0 Å². The van der Waals surface area contributed by atoms with E-state index in [1.165, 1.54) is 0 Å². The lowest BCUT2D eigenvalue weighted by Gasteiger charge is -2.16. The molecule has 1 fully saturated rings. The number of anilines is 1. The Kier molecular flexibility index (Phi) is 4.66. The van der Waals surface area contributed by atoms with Crippen LogP contribution in [0, 0.1) is 0 Å². The van der Waals surface area contributed by atoms with Crippen LogP contribution in [0.5, 0.6) is 11.5 Å². The number of benzene rings is 1. The van der Waals surface area contributed by atoms with Crippen molar-refractivity contribution in [3.8, 4) is 11.5 Å². The molecule has 7 heteroatoms. The average Bonchev–Trinajstić information content (AvgIpc) is 3.25. The average molecular weight is 333 g/mol. The quantitative estimate of drug-likeness (QED) is 0.908. The second-order valence-corrected chi connectivity index (χ2v) is 6.16. The first kappa shape index (κ1) is 15.6. The van der Waals surface area contributed by atoms with Crippen LogP contribution in [0.1, 0.15) is 16.8 Å². The zero-order valence-corrected chi connectivity index (χ0v) is 13.9. The highest BCUT2D eigenvalue weighted by Crippen LogP contribution is 2.26. The molecule has 2 heterocycles. The molecule has 0 radical (unpaired) electrons. The summed E-state index contributed by atoms with van der Waals surface area (Å²) in [6.07, 6.45) is 2.71. The Morgan fingerprint density at radius 2 is 2.26 bits per heavy atom. The predicted molar refractivity (Wildman–Crippen MR) is 89.7 cm³/mol. The van der Waals surface area contributed by atoms with Crippen LogP contribution in [0.2, 0.25) is 0 Å². The number of carbonyl (C=O) groups excluding carboxylic acids is 1. The lowest BCUT2D eigenvalue weighted by Crippen LogP contribution is -2.37. The molecule has 1 atom stereocenters. The second kappa shape index (κ2) is 6.87. The van der Waals surface area contributed by atoms with Crippen LogP contribution in [-0.4, -0.2) is 44.2 Å². The molecule has 1 N–H and O–H groups in total. The van der Waals surface area contributed by atoms with Crippen LogP contribution in [0.15, 0.2) is 29.8 Å². The normalized spacial score (nSPS) is 17.1. The number of nitrogens with zero attached hydrogens (tertiary/aromatic N) is 2. The fourth-order valence-corrected chi connectivity index (χ4v) is 3.35. The molecule has 122 valence electrons. The second-order valence-electron chi connectivity index (χ2n) is 5.29. The van der Waals surface area contributed by atoms with Gasteiger partial charge in [0.2, 0.25) is 0 Å². The van der Waals surface area contributed by atoms with E-state index >= 15 is 0 Å². The van der Waals surface area contributed by atoms with Crippen LogP contribution >= 0.6 is 11.3 Å². The van der Waals surface area contributed by atoms with E-state index in [2.05, 4.69) is 15.2 Å². The highest BCUT2D eigenvalue weighted by molar-refractivity contribution is 7.13. The Morgan fingerprint density at radius 3 is 2.96 bits per heavy atom. The summed E-state index contributed by atoms with van der Waals surface area (Å²) in [7, 11) is 3.13. The third-order valence-electron chi connectivity index (χ3n) is 3.87. The molecule has 1 aliphatic heterocycles. The zero-order chi connectivity index (χ0) is 16.2. The molecule has 1 aromatic heterocycles. The van der Waals surface area contributed by atoms with Gasteiger partial charge < -0.3 is 19.7 Å². The summed E-state index contributed by atoms with van der Waals surface area (Å²) in [5.74, 6) is 1.04. The summed E-state index contributed by atoms with van der Waals surface area (Å²) >= 11 is 1.62. The van der Waals surface area contributed by atoms with E-state index in [1.54, 1.807) is 50.0 Å². The van der Waals surface area contributed by atoms with Gasteiger partial charge in [-0.2, -0.15) is 0 Å². The highest BCUT2D eigenvalue weighted by Gasteiger charge is 2.26. The number of hydrogen-bond donors (Lipinski definition) is 1. The number of methoxy groups -OCH3 is 2. The van der Waals surface area contributed by atoms with Crippen molar-refractivity contribution in [2.75, 3.05) is 32.2 Å². The predicted octanol–water partition coefficient (Wildman–Crippen LogP) is 2.17. The standard InChI is InChI=1S/C16H19N3O3S/c1-21-12-3-4-13(14(9-12)22-2)15(20)18-11-5-7-19(10-11)16-17-6-8-23-16/h3-4,6,8-9,11H,5,7,10H2,1-2H3,(H,18,20). The molecule has 1 unspecified atom stereocenters. The summed E-state index contributed by atoms with van der Waals surface area (Å²) in [6.45, 7) is 1.68. The van der Waals surface area contributed by atoms with Gasteiger partial charge in [0.25, 0.3) is 5.91 Å². The number of carbonyl (C=O) groups is 1. The van der Waals surface area contributed by atoms with Crippen LogP contribution in [-0.2, 0) is 0 Å². The molecular formula is C16H19N3O3S. The van der Waals surface area contributed by atoms with Gasteiger partial charge in [0.1, 0.15) is 11.5 Å². The van der Waals surface area contributed by atoms with Crippen molar-refractivity contribution in [1.82, 2.24) is 10.3 Å². The largest absolute Gasteiger partial charge is 0.497 e. The van der Waals surface area contributed by atoms with Gasteiger partial charge in [0.05, 0.1) is 19.8 Å². The molecule has 1 saturated heterocycles. The molecule has 23 heavy (non-hydrogen) atoms. The lowest BCUT2D eigenvalue weighted by molar-refractivity contribution is 0.0937. The van der Waals surface area contributed by atoms with Crippen molar-refractivity contribution in [1.29, 1.82) is 0 Å². The molecule has 0 aliphatic carbocycles. The molecule has 6 nitrogen and oxygen atoms in total. The van der Waals surface area contributed by atoms with Gasteiger partial charge in [-0.05, 0) is 18.6 Å². The van der Waals surface area contributed by atoms with E-state index in [1.807, 2.05) is 5.38 Å². The van der Waals surface area contributed by atoms with Gasteiger partial charge in [0, 0.05) is 36.8 Å². The number of rotatable bonds is 5. The molecule has 0 bridgehead atoms. The third-order valence-corrected chi connectivity index (χ3v) is 4.70. The third kappa shape index (κ3) is 3.39. The van der Waals surface area contributed by atoms with Crippen molar-refractivity contribution >= 4 is 22.4 Å². The first-order valence-electron chi connectivity index (χ1n) is 7.38. The van der Waals surface area contributed by atoms with Gasteiger partial charge in [-0.25, -0.2) is 4.98 Å². The summed E-state index contributed by atoms with van der Waals surface area (Å²) in [6, 6.07) is 5.30. The molecule has 1 amide bonds. The minimum absolute atomic E-state index is 0.109. The topological polar surface area (TPSA) is 63.7 Å². The van der Waals surface area contributed by atoms with Crippen LogP contribution in [0.4, 0.5) is 5.13 Å². The Hall–Kier alpha value is -2.28. The minimum Gasteiger partial charge on any atom is -0.497 e. The summed E-state index contributed by atoms with van der Waals surface area (Å²) in [5, 5.41) is 6.04. The van der Waals surface area contributed by atoms with E-state index < -0.39 is 0 Å². The lowest BCUT2D eigenvalue weighted by atomic mass is 10.1. The maximum Gasteiger partial charge on any atom is 0.255 e. The monoisotopic (exact) mass is 333 g/mol. The highest BCUT2D eigenvalue weighted by atomic mass is 32.1. The van der Waals surface area contributed by atoms with Gasteiger partial charge in [-0.1, -0.05) is 0 Å². The van der Waals surface area contributed by atoms with Crippen molar-refractivity contribution in [3.63, 3.8) is 0 Å².